The average Bonchev–Trinajstić information content (AvgIpc) is 2.96. The van der Waals surface area contributed by atoms with Crippen LogP contribution in [-0.2, 0) is 11.3 Å². The molecule has 2 heterocycles. The van der Waals surface area contributed by atoms with Gasteiger partial charge in [0, 0.05) is 31.9 Å². The van der Waals surface area contributed by atoms with Crippen molar-refractivity contribution in [3.63, 3.8) is 0 Å². The minimum atomic E-state index is 0.270. The van der Waals surface area contributed by atoms with Crippen molar-refractivity contribution in [1.29, 1.82) is 0 Å². The molecule has 0 bridgehead atoms. The second-order valence-electron chi connectivity index (χ2n) is 5.16. The molecule has 1 atom stereocenters. The predicted octanol–water partition coefficient (Wildman–Crippen LogP) is 1.82. The molecular formula is C15H23N3O. The fourth-order valence-electron chi connectivity index (χ4n) is 2.53. The van der Waals surface area contributed by atoms with Crippen LogP contribution in [-0.4, -0.2) is 35.4 Å². The van der Waals surface area contributed by atoms with Crippen LogP contribution >= 0.6 is 0 Å². The quantitative estimate of drug-likeness (QED) is 0.849. The Bertz CT molecular complexity index is 388. The van der Waals surface area contributed by atoms with Crippen molar-refractivity contribution < 1.29 is 4.79 Å². The predicted molar refractivity (Wildman–Crippen MR) is 75.5 cm³/mol. The van der Waals surface area contributed by atoms with E-state index < -0.39 is 0 Å². The van der Waals surface area contributed by atoms with Gasteiger partial charge in [0.25, 0.3) is 0 Å². The third kappa shape index (κ3) is 4.31. The Morgan fingerprint density at radius 2 is 2.26 bits per heavy atom. The first kappa shape index (κ1) is 14.0. The first-order valence-corrected chi connectivity index (χ1v) is 7.17. The maximum Gasteiger partial charge on any atom is 0.222 e. The largest absolute Gasteiger partial charge is 0.339 e. The van der Waals surface area contributed by atoms with E-state index in [0.717, 1.165) is 31.6 Å². The molecule has 1 amide bonds. The van der Waals surface area contributed by atoms with E-state index in [2.05, 4.69) is 10.3 Å². The molecule has 2 rings (SSSR count). The van der Waals surface area contributed by atoms with Crippen LogP contribution in [0, 0.1) is 5.92 Å². The van der Waals surface area contributed by atoms with Crippen molar-refractivity contribution in [1.82, 2.24) is 15.2 Å². The molecule has 4 heteroatoms. The number of hydrogen-bond donors (Lipinski definition) is 1. The summed E-state index contributed by atoms with van der Waals surface area (Å²) in [7, 11) is 0. The molecule has 19 heavy (non-hydrogen) atoms. The molecule has 1 aromatic rings. The number of carbonyl (C=O) groups excluding carboxylic acids is 1. The van der Waals surface area contributed by atoms with Gasteiger partial charge < -0.3 is 10.2 Å². The van der Waals surface area contributed by atoms with Gasteiger partial charge in [0.1, 0.15) is 0 Å². The van der Waals surface area contributed by atoms with Crippen LogP contribution in [0.25, 0.3) is 0 Å². The first-order valence-electron chi connectivity index (χ1n) is 7.17. The van der Waals surface area contributed by atoms with E-state index in [-0.39, 0.29) is 5.91 Å². The van der Waals surface area contributed by atoms with E-state index in [1.54, 1.807) is 12.4 Å². The third-order valence-electron chi connectivity index (χ3n) is 3.79. The highest BCUT2D eigenvalue weighted by Crippen LogP contribution is 2.16. The van der Waals surface area contributed by atoms with E-state index >= 15 is 0 Å². The summed E-state index contributed by atoms with van der Waals surface area (Å²) in [6.07, 6.45) is 6.45. The summed E-state index contributed by atoms with van der Waals surface area (Å²) >= 11 is 0. The Kier molecular flexibility index (Phi) is 5.33. The lowest BCUT2D eigenvalue weighted by Crippen LogP contribution is -2.30. The number of nitrogens with zero attached hydrogens (tertiary/aromatic N) is 2. The van der Waals surface area contributed by atoms with Crippen LogP contribution in [0.3, 0.4) is 0 Å². The summed E-state index contributed by atoms with van der Waals surface area (Å²) in [6, 6.07) is 3.94. The molecule has 1 aliphatic heterocycles. The van der Waals surface area contributed by atoms with Crippen molar-refractivity contribution in [2.75, 3.05) is 19.6 Å². The Morgan fingerprint density at radius 1 is 1.47 bits per heavy atom. The van der Waals surface area contributed by atoms with E-state index in [1.807, 2.05) is 24.0 Å². The van der Waals surface area contributed by atoms with Crippen LogP contribution in [0.15, 0.2) is 24.5 Å². The smallest absolute Gasteiger partial charge is 0.222 e. The molecule has 1 saturated heterocycles. The van der Waals surface area contributed by atoms with E-state index in [4.69, 9.17) is 0 Å². The van der Waals surface area contributed by atoms with E-state index in [9.17, 15) is 4.79 Å². The Balaban J connectivity index is 1.81. The molecule has 104 valence electrons. The van der Waals surface area contributed by atoms with Crippen LogP contribution in [0.5, 0.6) is 0 Å². The fraction of sp³-hybridized carbons (Fsp3) is 0.600. The fourth-order valence-corrected chi connectivity index (χ4v) is 2.53. The molecule has 4 nitrogen and oxygen atoms in total. The topological polar surface area (TPSA) is 45.2 Å². The summed E-state index contributed by atoms with van der Waals surface area (Å²) in [5.41, 5.74) is 1.15. The van der Waals surface area contributed by atoms with E-state index in [1.165, 1.54) is 6.42 Å². The van der Waals surface area contributed by atoms with Gasteiger partial charge in [0.05, 0.1) is 0 Å². The molecule has 1 fully saturated rings. The third-order valence-corrected chi connectivity index (χ3v) is 3.79. The zero-order valence-electron chi connectivity index (χ0n) is 11.6. The monoisotopic (exact) mass is 261 g/mol. The first-order chi connectivity index (χ1) is 9.29. The second-order valence-corrected chi connectivity index (χ2v) is 5.16. The lowest BCUT2D eigenvalue weighted by atomic mass is 10.0. The van der Waals surface area contributed by atoms with Gasteiger partial charge in [-0.3, -0.25) is 9.78 Å². The Labute approximate surface area is 115 Å². The summed E-state index contributed by atoms with van der Waals surface area (Å²) in [4.78, 5) is 18.2. The van der Waals surface area contributed by atoms with Crippen LogP contribution in [0.2, 0.25) is 0 Å². The van der Waals surface area contributed by atoms with Crippen molar-refractivity contribution >= 4 is 5.91 Å². The van der Waals surface area contributed by atoms with Crippen molar-refractivity contribution in [3.8, 4) is 0 Å². The lowest BCUT2D eigenvalue weighted by Gasteiger charge is -2.21. The highest BCUT2D eigenvalue weighted by Gasteiger charge is 2.18. The van der Waals surface area contributed by atoms with Crippen molar-refractivity contribution in [3.05, 3.63) is 30.1 Å². The van der Waals surface area contributed by atoms with Gasteiger partial charge >= 0.3 is 0 Å². The van der Waals surface area contributed by atoms with Crippen molar-refractivity contribution in [2.45, 2.75) is 32.7 Å². The molecule has 0 aliphatic carbocycles. The average molecular weight is 261 g/mol. The summed E-state index contributed by atoms with van der Waals surface area (Å²) in [5.74, 6) is 0.954. The zero-order chi connectivity index (χ0) is 13.5. The second kappa shape index (κ2) is 7.24. The zero-order valence-corrected chi connectivity index (χ0v) is 11.6. The van der Waals surface area contributed by atoms with Gasteiger partial charge in [-0.1, -0.05) is 0 Å². The Hall–Kier alpha value is -1.42. The highest BCUT2D eigenvalue weighted by atomic mass is 16.2. The molecule has 0 saturated carbocycles. The number of pyridine rings is 1. The minimum absolute atomic E-state index is 0.270. The van der Waals surface area contributed by atoms with Crippen LogP contribution in [0.4, 0.5) is 0 Å². The van der Waals surface area contributed by atoms with Gasteiger partial charge in [-0.05, 0) is 56.5 Å². The standard InChI is InChI=1S/C15H23N3O/c1-2-18(12-14-6-8-16-9-7-14)15(19)4-3-13-5-10-17-11-13/h6-9,13,17H,2-5,10-12H2,1H3. The highest BCUT2D eigenvalue weighted by molar-refractivity contribution is 5.76. The van der Waals surface area contributed by atoms with Gasteiger partial charge in [-0.25, -0.2) is 0 Å². The molecule has 0 spiro atoms. The van der Waals surface area contributed by atoms with Gasteiger partial charge in [-0.15, -0.1) is 0 Å². The molecule has 1 aliphatic rings. The number of hydrogen-bond acceptors (Lipinski definition) is 3. The molecule has 1 N–H and O–H groups in total. The van der Waals surface area contributed by atoms with Gasteiger partial charge in [0.2, 0.25) is 5.91 Å². The number of rotatable bonds is 6. The summed E-state index contributed by atoms with van der Waals surface area (Å²) < 4.78 is 0. The molecule has 1 unspecified atom stereocenters. The minimum Gasteiger partial charge on any atom is -0.339 e. The van der Waals surface area contributed by atoms with Gasteiger partial charge in [0.15, 0.2) is 0 Å². The number of carbonyl (C=O) groups is 1. The van der Waals surface area contributed by atoms with Crippen LogP contribution < -0.4 is 5.32 Å². The normalized spacial score (nSPS) is 18.5. The Morgan fingerprint density at radius 3 is 2.89 bits per heavy atom. The number of amides is 1. The molecule has 1 aromatic heterocycles. The number of aromatic nitrogens is 1. The number of nitrogens with one attached hydrogen (secondary N) is 1. The maximum absolute atomic E-state index is 12.2. The van der Waals surface area contributed by atoms with E-state index in [0.29, 0.717) is 18.9 Å². The van der Waals surface area contributed by atoms with Gasteiger partial charge in [-0.2, -0.15) is 0 Å². The maximum atomic E-state index is 12.2. The summed E-state index contributed by atoms with van der Waals surface area (Å²) in [5, 5.41) is 3.35. The molecule has 0 aromatic carbocycles. The summed E-state index contributed by atoms with van der Waals surface area (Å²) in [6.45, 7) is 5.68. The van der Waals surface area contributed by atoms with Crippen molar-refractivity contribution in [2.24, 2.45) is 5.92 Å². The lowest BCUT2D eigenvalue weighted by molar-refractivity contribution is -0.131. The van der Waals surface area contributed by atoms with Crippen LogP contribution in [0.1, 0.15) is 31.7 Å². The molecular weight excluding hydrogens is 238 g/mol. The SMILES string of the molecule is CCN(Cc1ccncc1)C(=O)CCC1CCNC1. The molecule has 0 radical (unpaired) electrons.